The van der Waals surface area contributed by atoms with E-state index in [1.807, 2.05) is 0 Å². The number of ether oxygens (including phenoxy) is 1. The van der Waals surface area contributed by atoms with E-state index in [-0.39, 0.29) is 29.6 Å². The predicted molar refractivity (Wildman–Crippen MR) is 65.4 cm³/mol. The molecule has 1 fully saturated rings. The zero-order chi connectivity index (χ0) is 13.6. The number of esters is 1. The fourth-order valence-corrected chi connectivity index (χ4v) is 2.53. The van der Waals surface area contributed by atoms with Gasteiger partial charge in [0.05, 0.1) is 24.2 Å². The molecule has 1 aliphatic carbocycles. The average Bonchev–Trinajstić information content (AvgIpc) is 3.17. The summed E-state index contributed by atoms with van der Waals surface area (Å²) in [6.07, 6.45) is 0.681. The Labute approximate surface area is 110 Å². The molecule has 0 bridgehead atoms. The maximum atomic E-state index is 12.1. The number of hydrogen-bond donors (Lipinski definition) is 0. The Morgan fingerprint density at radius 2 is 1.84 bits per heavy atom. The van der Waals surface area contributed by atoms with Crippen LogP contribution in [0.2, 0.25) is 0 Å². The second-order valence-electron chi connectivity index (χ2n) is 4.89. The lowest BCUT2D eigenvalue weighted by Gasteiger charge is -2.13. The van der Waals surface area contributed by atoms with E-state index in [0.717, 1.165) is 0 Å². The van der Waals surface area contributed by atoms with E-state index in [1.165, 1.54) is 12.0 Å². The number of carbonyl (C=O) groups excluding carboxylic acids is 3. The number of carbonyl (C=O) groups is 3. The lowest BCUT2D eigenvalue weighted by atomic mass is 10.1. The van der Waals surface area contributed by atoms with Gasteiger partial charge in [-0.3, -0.25) is 19.3 Å². The number of benzene rings is 1. The van der Waals surface area contributed by atoms with Crippen LogP contribution in [0, 0.1) is 11.8 Å². The normalized spacial score (nSPS) is 24.4. The van der Waals surface area contributed by atoms with Crippen LogP contribution in [-0.4, -0.2) is 36.3 Å². The van der Waals surface area contributed by atoms with E-state index in [0.29, 0.717) is 24.1 Å². The van der Waals surface area contributed by atoms with Crippen molar-refractivity contribution < 1.29 is 19.1 Å². The quantitative estimate of drug-likeness (QED) is 0.602. The fraction of sp³-hybridized carbons (Fsp3) is 0.357. The first-order chi connectivity index (χ1) is 9.13. The Hall–Kier alpha value is -2.17. The van der Waals surface area contributed by atoms with Gasteiger partial charge in [-0.1, -0.05) is 12.1 Å². The third kappa shape index (κ3) is 1.82. The average molecular weight is 259 g/mol. The molecule has 98 valence electrons. The molecule has 1 aromatic carbocycles. The summed E-state index contributed by atoms with van der Waals surface area (Å²) in [6.45, 7) is 0.298. The minimum Gasteiger partial charge on any atom is -0.469 e. The standard InChI is InChI=1S/C14H13NO4/c1-19-14(18)11-6-8(11)7-15-12(16)9-4-2-3-5-10(9)13(15)17/h2-5,8,11H,6-7H2,1H3. The Morgan fingerprint density at radius 3 is 2.37 bits per heavy atom. The number of imide groups is 1. The van der Waals surface area contributed by atoms with Crippen molar-refractivity contribution in [3.05, 3.63) is 35.4 Å². The summed E-state index contributed by atoms with van der Waals surface area (Å²) in [5.74, 6) is -0.933. The van der Waals surface area contributed by atoms with Crippen molar-refractivity contribution in [2.24, 2.45) is 11.8 Å². The van der Waals surface area contributed by atoms with Crippen LogP contribution in [-0.2, 0) is 9.53 Å². The zero-order valence-corrected chi connectivity index (χ0v) is 10.5. The van der Waals surface area contributed by atoms with Gasteiger partial charge in [-0.2, -0.15) is 0 Å². The highest BCUT2D eigenvalue weighted by molar-refractivity contribution is 6.21. The first-order valence-electron chi connectivity index (χ1n) is 6.16. The summed E-state index contributed by atoms with van der Waals surface area (Å²) in [4.78, 5) is 36.8. The largest absolute Gasteiger partial charge is 0.469 e. The van der Waals surface area contributed by atoms with E-state index < -0.39 is 0 Å². The van der Waals surface area contributed by atoms with Gasteiger partial charge in [0.25, 0.3) is 11.8 Å². The highest BCUT2D eigenvalue weighted by atomic mass is 16.5. The Balaban J connectivity index is 1.74. The first kappa shape index (κ1) is 11.9. The molecule has 0 N–H and O–H groups in total. The molecule has 19 heavy (non-hydrogen) atoms. The summed E-state index contributed by atoms with van der Waals surface area (Å²) < 4.78 is 4.66. The molecule has 5 nitrogen and oxygen atoms in total. The third-order valence-electron chi connectivity index (χ3n) is 3.72. The van der Waals surface area contributed by atoms with Crippen LogP contribution in [0.5, 0.6) is 0 Å². The molecule has 0 spiro atoms. The molecule has 1 aromatic rings. The topological polar surface area (TPSA) is 63.7 Å². The summed E-state index contributed by atoms with van der Waals surface area (Å²) >= 11 is 0. The Morgan fingerprint density at radius 1 is 1.26 bits per heavy atom. The van der Waals surface area contributed by atoms with E-state index in [4.69, 9.17) is 0 Å². The third-order valence-corrected chi connectivity index (χ3v) is 3.72. The maximum Gasteiger partial charge on any atom is 0.309 e. The number of methoxy groups -OCH3 is 1. The van der Waals surface area contributed by atoms with Crippen molar-refractivity contribution in [2.75, 3.05) is 13.7 Å². The summed E-state index contributed by atoms with van der Waals surface area (Å²) in [5.41, 5.74) is 0.894. The van der Waals surface area contributed by atoms with Gasteiger partial charge in [-0.05, 0) is 24.5 Å². The molecule has 2 unspecified atom stereocenters. The molecule has 2 amide bonds. The fourth-order valence-electron chi connectivity index (χ4n) is 2.53. The van der Waals surface area contributed by atoms with Crippen molar-refractivity contribution in [1.82, 2.24) is 4.90 Å². The molecule has 0 radical (unpaired) electrons. The van der Waals surface area contributed by atoms with Gasteiger partial charge in [-0.25, -0.2) is 0 Å². The van der Waals surface area contributed by atoms with Crippen molar-refractivity contribution >= 4 is 17.8 Å². The molecule has 5 heteroatoms. The molecule has 1 aliphatic heterocycles. The summed E-state index contributed by atoms with van der Waals surface area (Å²) in [5, 5.41) is 0. The molecule has 2 atom stereocenters. The smallest absolute Gasteiger partial charge is 0.309 e. The lowest BCUT2D eigenvalue weighted by molar-refractivity contribution is -0.142. The van der Waals surface area contributed by atoms with E-state index in [1.54, 1.807) is 24.3 Å². The van der Waals surface area contributed by atoms with Gasteiger partial charge in [-0.15, -0.1) is 0 Å². The van der Waals surface area contributed by atoms with Crippen LogP contribution in [0.15, 0.2) is 24.3 Å². The van der Waals surface area contributed by atoms with E-state index in [9.17, 15) is 14.4 Å². The van der Waals surface area contributed by atoms with E-state index >= 15 is 0 Å². The van der Waals surface area contributed by atoms with Gasteiger partial charge in [0, 0.05) is 6.54 Å². The predicted octanol–water partition coefficient (Wildman–Crippen LogP) is 1.09. The number of nitrogens with zero attached hydrogens (tertiary/aromatic N) is 1. The lowest BCUT2D eigenvalue weighted by Crippen LogP contribution is -2.32. The number of fused-ring (bicyclic) bond motifs is 1. The van der Waals surface area contributed by atoms with Gasteiger partial charge in [0.2, 0.25) is 0 Å². The minimum atomic E-state index is -0.267. The van der Waals surface area contributed by atoms with Gasteiger partial charge < -0.3 is 4.74 Å². The van der Waals surface area contributed by atoms with Gasteiger partial charge in [0.1, 0.15) is 0 Å². The molecule has 0 saturated heterocycles. The highest BCUT2D eigenvalue weighted by Crippen LogP contribution is 2.41. The number of rotatable bonds is 3. The van der Waals surface area contributed by atoms with Crippen molar-refractivity contribution in [3.8, 4) is 0 Å². The van der Waals surface area contributed by atoms with Crippen LogP contribution in [0.1, 0.15) is 27.1 Å². The molecule has 3 rings (SSSR count). The van der Waals surface area contributed by atoms with Crippen LogP contribution < -0.4 is 0 Å². The molecule has 1 heterocycles. The van der Waals surface area contributed by atoms with Crippen LogP contribution in [0.25, 0.3) is 0 Å². The van der Waals surface area contributed by atoms with Gasteiger partial charge >= 0.3 is 5.97 Å². The van der Waals surface area contributed by atoms with Crippen LogP contribution in [0.3, 0.4) is 0 Å². The molecule has 2 aliphatic rings. The molecular formula is C14H13NO4. The van der Waals surface area contributed by atoms with Crippen LogP contribution in [0.4, 0.5) is 0 Å². The second-order valence-corrected chi connectivity index (χ2v) is 4.89. The van der Waals surface area contributed by atoms with E-state index in [2.05, 4.69) is 4.74 Å². The molecular weight excluding hydrogens is 246 g/mol. The number of amides is 2. The summed E-state index contributed by atoms with van der Waals surface area (Å²) in [6, 6.07) is 6.78. The Bertz CT molecular complexity index is 546. The maximum absolute atomic E-state index is 12.1. The van der Waals surface area contributed by atoms with Gasteiger partial charge in [0.15, 0.2) is 0 Å². The Kier molecular flexibility index (Phi) is 2.62. The zero-order valence-electron chi connectivity index (χ0n) is 10.5. The highest BCUT2D eigenvalue weighted by Gasteiger charge is 2.47. The minimum absolute atomic E-state index is 0.0367. The summed E-state index contributed by atoms with van der Waals surface area (Å²) in [7, 11) is 1.35. The molecule has 0 aromatic heterocycles. The van der Waals surface area contributed by atoms with Crippen molar-refractivity contribution in [2.45, 2.75) is 6.42 Å². The van der Waals surface area contributed by atoms with Crippen molar-refractivity contribution in [1.29, 1.82) is 0 Å². The SMILES string of the molecule is COC(=O)C1CC1CN1C(=O)c2ccccc2C1=O. The molecule has 1 saturated carbocycles. The van der Waals surface area contributed by atoms with Crippen molar-refractivity contribution in [3.63, 3.8) is 0 Å². The first-order valence-corrected chi connectivity index (χ1v) is 6.16. The second kappa shape index (κ2) is 4.19. The monoisotopic (exact) mass is 259 g/mol. The van der Waals surface area contributed by atoms with Crippen LogP contribution >= 0.6 is 0 Å². The number of hydrogen-bond acceptors (Lipinski definition) is 4.